The molecule has 0 fully saturated rings. The van der Waals surface area contributed by atoms with Crippen LogP contribution in [0.15, 0.2) is 0 Å². The summed E-state index contributed by atoms with van der Waals surface area (Å²) >= 11 is 5.79. The third-order valence-electron chi connectivity index (χ3n) is 2.53. The van der Waals surface area contributed by atoms with Gasteiger partial charge in [-0.2, -0.15) is 0 Å². The first-order chi connectivity index (χ1) is 6.98. The van der Waals surface area contributed by atoms with Crippen LogP contribution in [0, 0.1) is 0 Å². The van der Waals surface area contributed by atoms with Crippen LogP contribution in [0.1, 0.15) is 34.1 Å². The van der Waals surface area contributed by atoms with Gasteiger partial charge in [-0.05, 0) is 34.1 Å². The van der Waals surface area contributed by atoms with Crippen molar-refractivity contribution in [3.8, 4) is 0 Å². The van der Waals surface area contributed by atoms with Crippen molar-refractivity contribution in [1.82, 2.24) is 5.32 Å². The number of alkyl halides is 1. The topological polar surface area (TPSA) is 63.2 Å². The molecule has 1 amide bonds. The van der Waals surface area contributed by atoms with Crippen LogP contribution in [0.4, 0.5) is 0 Å². The summed E-state index contributed by atoms with van der Waals surface area (Å²) in [6.45, 7) is 6.42. The minimum Gasteiger partial charge on any atom is -0.352 e. The minimum absolute atomic E-state index is 0.0587. The molecule has 96 valence electrons. The molecule has 4 nitrogen and oxygen atoms in total. The molecule has 2 atom stereocenters. The summed E-state index contributed by atoms with van der Waals surface area (Å²) < 4.78 is 21.4. The highest BCUT2D eigenvalue weighted by Gasteiger charge is 2.38. The van der Waals surface area contributed by atoms with Gasteiger partial charge >= 0.3 is 0 Å². The Hall–Kier alpha value is -0.290. The maximum absolute atomic E-state index is 11.8. The molecule has 0 aliphatic heterocycles. The van der Waals surface area contributed by atoms with Gasteiger partial charge in [0.1, 0.15) is 4.75 Å². The van der Waals surface area contributed by atoms with Crippen molar-refractivity contribution in [3.63, 3.8) is 0 Å². The predicted molar refractivity (Wildman–Crippen MR) is 66.5 cm³/mol. The van der Waals surface area contributed by atoms with Gasteiger partial charge in [-0.25, -0.2) is 8.42 Å². The molecule has 0 aromatic rings. The Morgan fingerprint density at radius 3 is 2.12 bits per heavy atom. The van der Waals surface area contributed by atoms with E-state index in [1.54, 1.807) is 6.92 Å². The van der Waals surface area contributed by atoms with Crippen LogP contribution < -0.4 is 5.32 Å². The van der Waals surface area contributed by atoms with E-state index in [2.05, 4.69) is 5.32 Å². The number of halogens is 1. The average molecular weight is 270 g/mol. The Bertz CT molecular complexity index is 349. The van der Waals surface area contributed by atoms with Crippen LogP contribution >= 0.6 is 11.6 Å². The fourth-order valence-corrected chi connectivity index (χ4v) is 1.78. The first kappa shape index (κ1) is 15.7. The number of hydrogen-bond donors (Lipinski definition) is 1. The van der Waals surface area contributed by atoms with Crippen molar-refractivity contribution in [2.45, 2.75) is 50.3 Å². The minimum atomic E-state index is -3.42. The molecule has 0 aromatic heterocycles. The summed E-state index contributed by atoms with van der Waals surface area (Å²) in [5.41, 5.74) is 0. The Balaban J connectivity index is 4.60. The van der Waals surface area contributed by atoms with Crippen molar-refractivity contribution in [1.29, 1.82) is 0 Å². The first-order valence-corrected chi connectivity index (χ1v) is 7.46. The van der Waals surface area contributed by atoms with Gasteiger partial charge in [0.2, 0.25) is 5.91 Å². The van der Waals surface area contributed by atoms with Crippen molar-refractivity contribution in [2.24, 2.45) is 0 Å². The molecule has 0 saturated carbocycles. The zero-order valence-corrected chi connectivity index (χ0v) is 11.9. The standard InChI is InChI=1S/C10H20ClNO3S/c1-7(11)6-8(2)12-9(13)10(3,4)16(5,14)15/h7-8H,6H2,1-5H3,(H,12,13). The van der Waals surface area contributed by atoms with Crippen LogP contribution in [0.5, 0.6) is 0 Å². The molecule has 6 heteroatoms. The van der Waals surface area contributed by atoms with Gasteiger partial charge in [0, 0.05) is 17.7 Å². The molecule has 0 aliphatic rings. The Labute approximate surface area is 103 Å². The summed E-state index contributed by atoms with van der Waals surface area (Å²) in [7, 11) is -3.42. The van der Waals surface area contributed by atoms with E-state index in [1.165, 1.54) is 13.8 Å². The number of nitrogens with one attached hydrogen (secondary N) is 1. The lowest BCUT2D eigenvalue weighted by Crippen LogP contribution is -2.50. The van der Waals surface area contributed by atoms with Crippen LogP contribution in [0.3, 0.4) is 0 Å². The van der Waals surface area contributed by atoms with E-state index >= 15 is 0 Å². The van der Waals surface area contributed by atoms with E-state index in [0.717, 1.165) is 6.26 Å². The number of carbonyl (C=O) groups excluding carboxylic acids is 1. The Kier molecular flexibility index (Phi) is 5.26. The SMILES string of the molecule is CC(Cl)CC(C)NC(=O)C(C)(C)S(C)(=O)=O. The summed E-state index contributed by atoms with van der Waals surface area (Å²) in [5, 5.41) is 2.60. The smallest absolute Gasteiger partial charge is 0.241 e. The molecule has 0 spiro atoms. The molecule has 0 rings (SSSR count). The third kappa shape index (κ3) is 4.29. The van der Waals surface area contributed by atoms with Crippen molar-refractivity contribution < 1.29 is 13.2 Å². The second-order valence-electron chi connectivity index (χ2n) is 4.67. The quantitative estimate of drug-likeness (QED) is 0.766. The molecule has 1 N–H and O–H groups in total. The Morgan fingerprint density at radius 1 is 1.38 bits per heavy atom. The van der Waals surface area contributed by atoms with E-state index in [-0.39, 0.29) is 11.4 Å². The first-order valence-electron chi connectivity index (χ1n) is 5.13. The monoisotopic (exact) mass is 269 g/mol. The number of hydrogen-bond acceptors (Lipinski definition) is 3. The largest absolute Gasteiger partial charge is 0.352 e. The lowest BCUT2D eigenvalue weighted by Gasteiger charge is -2.24. The molecule has 0 aromatic carbocycles. The van der Waals surface area contributed by atoms with Gasteiger partial charge in [0.05, 0.1) is 0 Å². The normalized spacial score (nSPS) is 16.6. The zero-order chi connectivity index (χ0) is 13.1. The number of sulfone groups is 1. The van der Waals surface area contributed by atoms with Crippen LogP contribution in [0.25, 0.3) is 0 Å². The summed E-state index contributed by atoms with van der Waals surface area (Å²) in [6, 6.07) is -0.138. The predicted octanol–water partition coefficient (Wildman–Crippen LogP) is 1.33. The van der Waals surface area contributed by atoms with Gasteiger partial charge in [0.15, 0.2) is 9.84 Å². The van der Waals surface area contributed by atoms with Crippen LogP contribution in [-0.2, 0) is 14.6 Å². The second kappa shape index (κ2) is 5.36. The van der Waals surface area contributed by atoms with Crippen molar-refractivity contribution in [2.75, 3.05) is 6.26 Å². The molecule has 0 heterocycles. The van der Waals surface area contributed by atoms with E-state index in [1.807, 2.05) is 6.92 Å². The van der Waals surface area contributed by atoms with Gasteiger partial charge in [-0.15, -0.1) is 11.6 Å². The highest BCUT2D eigenvalue weighted by molar-refractivity contribution is 7.92. The molecule has 0 bridgehead atoms. The highest BCUT2D eigenvalue weighted by atomic mass is 35.5. The Morgan fingerprint density at radius 2 is 1.81 bits per heavy atom. The molecule has 0 saturated heterocycles. The van der Waals surface area contributed by atoms with Gasteiger partial charge in [-0.3, -0.25) is 4.79 Å². The number of rotatable bonds is 5. The molecule has 2 unspecified atom stereocenters. The summed E-state index contributed by atoms with van der Waals surface area (Å²) in [4.78, 5) is 11.8. The molecule has 16 heavy (non-hydrogen) atoms. The number of amides is 1. The lowest BCUT2D eigenvalue weighted by atomic mass is 10.1. The molecular formula is C10H20ClNO3S. The van der Waals surface area contributed by atoms with E-state index < -0.39 is 20.5 Å². The van der Waals surface area contributed by atoms with Gasteiger partial charge in [-0.1, -0.05) is 0 Å². The zero-order valence-electron chi connectivity index (χ0n) is 10.4. The molecule has 0 aliphatic carbocycles. The second-order valence-corrected chi connectivity index (χ2v) is 7.98. The van der Waals surface area contributed by atoms with Crippen molar-refractivity contribution in [3.05, 3.63) is 0 Å². The van der Waals surface area contributed by atoms with E-state index in [0.29, 0.717) is 6.42 Å². The lowest BCUT2D eigenvalue weighted by molar-refractivity contribution is -0.123. The summed E-state index contributed by atoms with van der Waals surface area (Å²) in [5.74, 6) is -0.486. The maximum atomic E-state index is 11.8. The highest BCUT2D eigenvalue weighted by Crippen LogP contribution is 2.16. The molecule has 0 radical (unpaired) electrons. The summed E-state index contributed by atoms with van der Waals surface area (Å²) in [6.07, 6.45) is 1.66. The third-order valence-corrected chi connectivity index (χ3v) is 4.75. The molecular weight excluding hydrogens is 250 g/mol. The van der Waals surface area contributed by atoms with E-state index in [4.69, 9.17) is 11.6 Å². The van der Waals surface area contributed by atoms with E-state index in [9.17, 15) is 13.2 Å². The van der Waals surface area contributed by atoms with Gasteiger partial charge < -0.3 is 5.32 Å². The fraction of sp³-hybridized carbons (Fsp3) is 0.900. The van der Waals surface area contributed by atoms with Crippen LogP contribution in [-0.4, -0.2) is 36.7 Å². The van der Waals surface area contributed by atoms with Crippen LogP contribution in [0.2, 0.25) is 0 Å². The van der Waals surface area contributed by atoms with Gasteiger partial charge in [0.25, 0.3) is 0 Å². The maximum Gasteiger partial charge on any atom is 0.241 e. The fourth-order valence-electron chi connectivity index (χ4n) is 1.11. The van der Waals surface area contributed by atoms with Crippen molar-refractivity contribution >= 4 is 27.3 Å². The number of carbonyl (C=O) groups is 1. The average Bonchev–Trinajstić information content (AvgIpc) is 1.99.